The minimum atomic E-state index is -3.47. The molecule has 2 aliphatic carbocycles. The summed E-state index contributed by atoms with van der Waals surface area (Å²) in [7, 11) is -3.47. The van der Waals surface area contributed by atoms with Crippen LogP contribution in [0, 0.1) is 11.8 Å². The molecule has 4 rings (SSSR count). The lowest BCUT2D eigenvalue weighted by Crippen LogP contribution is -2.53. The zero-order valence-corrected chi connectivity index (χ0v) is 14.5. The minimum Gasteiger partial charge on any atom is -0.476 e. The quantitative estimate of drug-likeness (QED) is 0.897. The second kappa shape index (κ2) is 5.65. The van der Waals surface area contributed by atoms with Gasteiger partial charge in [-0.15, -0.1) is 0 Å². The summed E-state index contributed by atoms with van der Waals surface area (Å²) in [5, 5.41) is 3.10. The molecule has 7 heteroatoms. The number of hydrogen-bond acceptors (Lipinski definition) is 4. The van der Waals surface area contributed by atoms with E-state index in [2.05, 4.69) is 5.32 Å². The van der Waals surface area contributed by atoms with Crippen LogP contribution in [-0.4, -0.2) is 39.3 Å². The van der Waals surface area contributed by atoms with Crippen LogP contribution in [0.2, 0.25) is 0 Å². The zero-order valence-electron chi connectivity index (χ0n) is 13.6. The van der Waals surface area contributed by atoms with Gasteiger partial charge in [0, 0.05) is 6.04 Å². The van der Waals surface area contributed by atoms with Crippen LogP contribution in [0.4, 0.5) is 5.69 Å². The van der Waals surface area contributed by atoms with Crippen molar-refractivity contribution in [2.45, 2.75) is 37.8 Å². The lowest BCUT2D eigenvalue weighted by atomic mass is 9.95. The number of nitrogens with zero attached hydrogens (tertiary/aromatic N) is 1. The molecule has 0 radical (unpaired) electrons. The number of hydrogen-bond donors (Lipinski definition) is 1. The van der Waals surface area contributed by atoms with Gasteiger partial charge in [-0.25, -0.2) is 8.42 Å². The van der Waals surface area contributed by atoms with Crippen LogP contribution in [0.1, 0.15) is 25.7 Å². The Balaban J connectivity index is 1.53. The number of sulfonamides is 1. The van der Waals surface area contributed by atoms with Crippen LogP contribution < -0.4 is 14.4 Å². The average molecular weight is 350 g/mol. The lowest BCUT2D eigenvalue weighted by molar-refractivity contribution is -0.128. The smallest absolute Gasteiger partial charge is 0.263 e. The zero-order chi connectivity index (χ0) is 16.9. The summed E-state index contributed by atoms with van der Waals surface area (Å²) in [6, 6.07) is 7.14. The third kappa shape index (κ3) is 2.75. The highest BCUT2D eigenvalue weighted by molar-refractivity contribution is 7.92. The number of carbonyl (C=O) groups excluding carboxylic acids is 1. The van der Waals surface area contributed by atoms with Gasteiger partial charge in [0.1, 0.15) is 5.75 Å². The molecule has 4 atom stereocenters. The van der Waals surface area contributed by atoms with Gasteiger partial charge in [0.25, 0.3) is 5.91 Å². The van der Waals surface area contributed by atoms with E-state index in [1.807, 2.05) is 0 Å². The summed E-state index contributed by atoms with van der Waals surface area (Å²) in [6.07, 6.45) is 5.03. The van der Waals surface area contributed by atoms with Crippen LogP contribution in [-0.2, 0) is 14.8 Å². The predicted molar refractivity (Wildman–Crippen MR) is 90.4 cm³/mol. The number of anilines is 1. The van der Waals surface area contributed by atoms with Crippen molar-refractivity contribution in [3.8, 4) is 5.75 Å². The van der Waals surface area contributed by atoms with Gasteiger partial charge in [0.2, 0.25) is 10.0 Å². The van der Waals surface area contributed by atoms with E-state index in [0.717, 1.165) is 18.6 Å². The second-order valence-electron chi connectivity index (χ2n) is 7.16. The summed E-state index contributed by atoms with van der Waals surface area (Å²) >= 11 is 0. The number of amides is 1. The third-order valence-electron chi connectivity index (χ3n) is 5.49. The predicted octanol–water partition coefficient (Wildman–Crippen LogP) is 1.52. The van der Waals surface area contributed by atoms with Gasteiger partial charge >= 0.3 is 0 Å². The molecule has 24 heavy (non-hydrogen) atoms. The van der Waals surface area contributed by atoms with Gasteiger partial charge in [-0.05, 0) is 43.2 Å². The molecular formula is C17H22N2O4S. The van der Waals surface area contributed by atoms with Gasteiger partial charge < -0.3 is 10.1 Å². The molecule has 1 N–H and O–H groups in total. The molecule has 0 unspecified atom stereocenters. The first-order chi connectivity index (χ1) is 11.4. The van der Waals surface area contributed by atoms with Crippen molar-refractivity contribution in [1.29, 1.82) is 0 Å². The maximum Gasteiger partial charge on any atom is 0.263 e. The van der Waals surface area contributed by atoms with E-state index >= 15 is 0 Å². The number of ether oxygens (including phenoxy) is 1. The van der Waals surface area contributed by atoms with E-state index in [0.29, 0.717) is 17.4 Å². The summed E-state index contributed by atoms with van der Waals surface area (Å²) in [5.74, 6) is 1.53. The number of carbonyl (C=O) groups is 1. The number of para-hydroxylation sites is 2. The van der Waals surface area contributed by atoms with E-state index in [1.54, 1.807) is 24.3 Å². The molecule has 6 nitrogen and oxygen atoms in total. The van der Waals surface area contributed by atoms with Crippen LogP contribution in [0.25, 0.3) is 0 Å². The molecule has 1 amide bonds. The van der Waals surface area contributed by atoms with Crippen LogP contribution in [0.5, 0.6) is 5.75 Å². The van der Waals surface area contributed by atoms with Crippen molar-refractivity contribution in [3.63, 3.8) is 0 Å². The highest BCUT2D eigenvalue weighted by atomic mass is 32.2. The highest BCUT2D eigenvalue weighted by Crippen LogP contribution is 2.44. The fraction of sp³-hybridized carbons (Fsp3) is 0.588. The van der Waals surface area contributed by atoms with Crippen molar-refractivity contribution in [2.24, 2.45) is 11.8 Å². The molecule has 1 aromatic rings. The molecule has 1 aliphatic heterocycles. The molecule has 0 spiro atoms. The maximum atomic E-state index is 12.7. The lowest BCUT2D eigenvalue weighted by Gasteiger charge is -2.35. The molecule has 130 valence electrons. The first-order valence-corrected chi connectivity index (χ1v) is 10.3. The Hall–Kier alpha value is -1.76. The molecular weight excluding hydrogens is 328 g/mol. The first-order valence-electron chi connectivity index (χ1n) is 8.45. The Morgan fingerprint density at radius 1 is 1.25 bits per heavy atom. The average Bonchev–Trinajstić information content (AvgIpc) is 3.15. The van der Waals surface area contributed by atoms with Gasteiger partial charge in [-0.1, -0.05) is 18.6 Å². The monoisotopic (exact) mass is 350 g/mol. The topological polar surface area (TPSA) is 75.7 Å². The second-order valence-corrected chi connectivity index (χ2v) is 9.07. The van der Waals surface area contributed by atoms with Gasteiger partial charge in [0.05, 0.1) is 18.5 Å². The van der Waals surface area contributed by atoms with E-state index in [1.165, 1.54) is 23.6 Å². The number of fused-ring (bicyclic) bond motifs is 3. The molecule has 2 saturated carbocycles. The minimum absolute atomic E-state index is 0.0164. The van der Waals surface area contributed by atoms with Gasteiger partial charge in [-0.2, -0.15) is 0 Å². The molecule has 0 saturated heterocycles. The molecule has 1 aromatic carbocycles. The molecule has 3 aliphatic rings. The molecule has 2 fully saturated rings. The van der Waals surface area contributed by atoms with E-state index in [4.69, 9.17) is 4.74 Å². The van der Waals surface area contributed by atoms with E-state index in [9.17, 15) is 13.2 Å². The van der Waals surface area contributed by atoms with Gasteiger partial charge in [0.15, 0.2) is 6.10 Å². The normalized spacial score (nSPS) is 31.5. The standard InChI is InChI=1S/C17H22N2O4S/c1-24(21,22)19-10-16(23-15-5-3-2-4-14(15)19)17(20)18-13-9-11-6-7-12(13)8-11/h2-5,11-13,16H,6-10H2,1H3,(H,18,20)/t11-,12-,13+,16-/m0/s1. The summed E-state index contributed by atoms with van der Waals surface area (Å²) in [6.45, 7) is 0.0164. The summed E-state index contributed by atoms with van der Waals surface area (Å²) < 4.78 is 31.3. The van der Waals surface area contributed by atoms with Crippen LogP contribution >= 0.6 is 0 Å². The van der Waals surface area contributed by atoms with Crippen molar-refractivity contribution in [3.05, 3.63) is 24.3 Å². The first kappa shape index (κ1) is 15.7. The van der Waals surface area contributed by atoms with Crippen molar-refractivity contribution >= 4 is 21.6 Å². The highest BCUT2D eigenvalue weighted by Gasteiger charge is 2.42. The SMILES string of the molecule is CS(=O)(=O)N1C[C@@H](C(=O)N[C@@H]2C[C@H]3CC[C@H]2C3)Oc2ccccc21. The summed E-state index contributed by atoms with van der Waals surface area (Å²) in [4.78, 5) is 12.7. The molecule has 2 bridgehead atoms. The van der Waals surface area contributed by atoms with Gasteiger partial charge in [-0.3, -0.25) is 9.10 Å². The number of rotatable bonds is 3. The molecule has 0 aromatic heterocycles. The maximum absolute atomic E-state index is 12.7. The Labute approximate surface area is 142 Å². The van der Waals surface area contributed by atoms with E-state index < -0.39 is 16.1 Å². The Kier molecular flexibility index (Phi) is 3.71. The van der Waals surface area contributed by atoms with Crippen molar-refractivity contribution in [1.82, 2.24) is 5.32 Å². The van der Waals surface area contributed by atoms with Crippen LogP contribution in [0.15, 0.2) is 24.3 Å². The largest absolute Gasteiger partial charge is 0.476 e. The van der Waals surface area contributed by atoms with E-state index in [-0.39, 0.29) is 18.5 Å². The Bertz CT molecular complexity index is 764. The fourth-order valence-electron chi connectivity index (χ4n) is 4.35. The number of nitrogens with one attached hydrogen (secondary N) is 1. The molecule has 1 heterocycles. The third-order valence-corrected chi connectivity index (χ3v) is 6.64. The Morgan fingerprint density at radius 2 is 2.04 bits per heavy atom. The summed E-state index contributed by atoms with van der Waals surface area (Å²) in [5.41, 5.74) is 0.490. The van der Waals surface area contributed by atoms with Crippen molar-refractivity contribution < 1.29 is 17.9 Å². The van der Waals surface area contributed by atoms with Crippen molar-refractivity contribution in [2.75, 3.05) is 17.1 Å². The fourth-order valence-corrected chi connectivity index (χ4v) is 5.26. The Morgan fingerprint density at radius 3 is 2.71 bits per heavy atom. The van der Waals surface area contributed by atoms with Crippen LogP contribution in [0.3, 0.4) is 0 Å². The number of benzene rings is 1.